The Morgan fingerprint density at radius 3 is 2.42 bits per heavy atom. The normalized spacial score (nSPS) is 11.6. The molecule has 0 atom stereocenters. The summed E-state index contributed by atoms with van der Waals surface area (Å²) in [5.41, 5.74) is 3.48. The molecule has 2 aromatic carbocycles. The van der Waals surface area contributed by atoms with Crippen LogP contribution in [0.3, 0.4) is 0 Å². The SMILES string of the molecule is C[Si](C)(C)c1c[c-]c(-c2ccc3c(n2)oc2ccccc23)cc1.[Ir]. The van der Waals surface area contributed by atoms with Crippen molar-refractivity contribution in [1.82, 2.24) is 4.98 Å². The van der Waals surface area contributed by atoms with E-state index in [1.54, 1.807) is 0 Å². The molecule has 1 radical (unpaired) electrons. The number of benzene rings is 2. The summed E-state index contributed by atoms with van der Waals surface area (Å²) in [6, 6.07) is 22.0. The summed E-state index contributed by atoms with van der Waals surface area (Å²) in [5.74, 6) is 0. The van der Waals surface area contributed by atoms with Gasteiger partial charge < -0.3 is 4.42 Å². The maximum Gasteiger partial charge on any atom is 0.218 e. The predicted molar refractivity (Wildman–Crippen MR) is 98.8 cm³/mol. The van der Waals surface area contributed by atoms with Crippen molar-refractivity contribution >= 4 is 35.3 Å². The van der Waals surface area contributed by atoms with E-state index in [1.165, 1.54) is 5.19 Å². The van der Waals surface area contributed by atoms with Crippen LogP contribution in [0, 0.1) is 6.07 Å². The third kappa shape index (κ3) is 2.97. The van der Waals surface area contributed by atoms with Crippen molar-refractivity contribution in [3.05, 3.63) is 60.7 Å². The second-order valence-corrected chi connectivity index (χ2v) is 12.0. The van der Waals surface area contributed by atoms with Gasteiger partial charge >= 0.3 is 0 Å². The van der Waals surface area contributed by atoms with Gasteiger partial charge in [0.1, 0.15) is 5.58 Å². The van der Waals surface area contributed by atoms with E-state index in [4.69, 9.17) is 4.42 Å². The topological polar surface area (TPSA) is 26.0 Å². The average molecular weight is 509 g/mol. The summed E-state index contributed by atoms with van der Waals surface area (Å²) in [4.78, 5) is 4.69. The van der Waals surface area contributed by atoms with Crippen molar-refractivity contribution in [2.75, 3.05) is 0 Å². The fourth-order valence-corrected chi connectivity index (χ4v) is 3.89. The summed E-state index contributed by atoms with van der Waals surface area (Å²) in [5, 5.41) is 3.58. The van der Waals surface area contributed by atoms with Crippen molar-refractivity contribution in [1.29, 1.82) is 0 Å². The number of pyridine rings is 1. The number of para-hydroxylation sites is 1. The molecule has 0 aliphatic rings. The zero-order chi connectivity index (χ0) is 16.0. The fourth-order valence-electron chi connectivity index (χ4n) is 2.81. The number of hydrogen-bond acceptors (Lipinski definition) is 2. The molecule has 24 heavy (non-hydrogen) atoms. The minimum Gasteiger partial charge on any atom is -0.439 e. The van der Waals surface area contributed by atoms with Crippen LogP contribution in [0.1, 0.15) is 0 Å². The van der Waals surface area contributed by atoms with Gasteiger partial charge in [0.05, 0.1) is 0 Å². The molecule has 4 heteroatoms. The average Bonchev–Trinajstić information content (AvgIpc) is 2.92. The summed E-state index contributed by atoms with van der Waals surface area (Å²) in [6.45, 7) is 7.03. The first kappa shape index (κ1) is 17.1. The van der Waals surface area contributed by atoms with Gasteiger partial charge in [0.25, 0.3) is 0 Å². The number of hydrogen-bond donors (Lipinski definition) is 0. The van der Waals surface area contributed by atoms with Gasteiger partial charge in [0.2, 0.25) is 5.71 Å². The quantitative estimate of drug-likeness (QED) is 0.282. The van der Waals surface area contributed by atoms with E-state index in [0.29, 0.717) is 5.71 Å². The van der Waals surface area contributed by atoms with E-state index in [1.807, 2.05) is 24.3 Å². The molecule has 0 aliphatic carbocycles. The molecule has 2 aromatic heterocycles. The summed E-state index contributed by atoms with van der Waals surface area (Å²) >= 11 is 0. The van der Waals surface area contributed by atoms with Gasteiger partial charge in [-0.3, -0.25) is 4.98 Å². The first-order valence-electron chi connectivity index (χ1n) is 7.83. The third-order valence-electron chi connectivity index (χ3n) is 4.20. The number of nitrogens with zero attached hydrogens (tertiary/aromatic N) is 1. The number of fused-ring (bicyclic) bond motifs is 3. The van der Waals surface area contributed by atoms with E-state index >= 15 is 0 Å². The molecule has 0 unspecified atom stereocenters. The smallest absolute Gasteiger partial charge is 0.218 e. The molecule has 0 N–H and O–H groups in total. The first-order chi connectivity index (χ1) is 11.0. The molecule has 0 spiro atoms. The Balaban J connectivity index is 0.00000169. The Morgan fingerprint density at radius 1 is 0.917 bits per heavy atom. The monoisotopic (exact) mass is 509 g/mol. The molecule has 0 bridgehead atoms. The Bertz CT molecular complexity index is 1000. The van der Waals surface area contributed by atoms with Crippen LogP contribution in [0.4, 0.5) is 0 Å². The van der Waals surface area contributed by atoms with Crippen molar-refractivity contribution in [2.45, 2.75) is 19.6 Å². The second kappa shape index (κ2) is 6.28. The van der Waals surface area contributed by atoms with Gasteiger partial charge in [0.15, 0.2) is 0 Å². The van der Waals surface area contributed by atoms with E-state index in [0.717, 1.165) is 27.6 Å². The number of aromatic nitrogens is 1. The van der Waals surface area contributed by atoms with Crippen LogP contribution in [0.2, 0.25) is 19.6 Å². The standard InChI is InChI=1S/C20H18NOSi.Ir/c1-23(2,3)15-10-8-14(9-11-15)18-13-12-17-16-6-4-5-7-19(16)22-20(17)21-18;/h4-8,10-13H,1-3H3;/q-1;. The number of rotatable bonds is 2. The van der Waals surface area contributed by atoms with Crippen LogP contribution in [-0.2, 0) is 20.1 Å². The summed E-state index contributed by atoms with van der Waals surface area (Å²) in [7, 11) is -1.29. The van der Waals surface area contributed by atoms with Gasteiger partial charge in [-0.1, -0.05) is 50.0 Å². The van der Waals surface area contributed by atoms with Crippen molar-refractivity contribution < 1.29 is 24.5 Å². The van der Waals surface area contributed by atoms with Crippen LogP contribution < -0.4 is 5.19 Å². The zero-order valence-corrected chi connectivity index (χ0v) is 17.3. The maximum absolute atomic E-state index is 5.87. The molecule has 4 aromatic rings. The third-order valence-corrected chi connectivity index (χ3v) is 6.24. The fraction of sp³-hybridized carbons (Fsp3) is 0.150. The van der Waals surface area contributed by atoms with Crippen LogP contribution in [0.15, 0.2) is 59.0 Å². The van der Waals surface area contributed by atoms with Crippen LogP contribution in [0.5, 0.6) is 0 Å². The molecule has 123 valence electrons. The summed E-state index contributed by atoms with van der Waals surface area (Å²) < 4.78 is 5.87. The predicted octanol–water partition coefficient (Wildman–Crippen LogP) is 4.99. The van der Waals surface area contributed by atoms with E-state index < -0.39 is 8.07 Å². The van der Waals surface area contributed by atoms with Crippen molar-refractivity contribution in [3.63, 3.8) is 0 Å². The molecule has 2 nitrogen and oxygen atoms in total. The van der Waals surface area contributed by atoms with E-state index in [9.17, 15) is 0 Å². The molecule has 0 saturated heterocycles. The second-order valence-electron chi connectivity index (χ2n) is 6.89. The largest absolute Gasteiger partial charge is 0.439 e. The molecule has 0 saturated carbocycles. The Morgan fingerprint density at radius 2 is 1.71 bits per heavy atom. The van der Waals surface area contributed by atoms with Crippen LogP contribution in [0.25, 0.3) is 33.3 Å². The molecule has 0 amide bonds. The zero-order valence-electron chi connectivity index (χ0n) is 13.9. The van der Waals surface area contributed by atoms with Crippen LogP contribution >= 0.6 is 0 Å². The van der Waals surface area contributed by atoms with Gasteiger partial charge in [-0.25, -0.2) is 0 Å². The molecule has 0 fully saturated rings. The minimum atomic E-state index is -1.29. The first-order valence-corrected chi connectivity index (χ1v) is 11.3. The van der Waals surface area contributed by atoms with Gasteiger partial charge in [-0.2, -0.15) is 0 Å². The number of furan rings is 1. The van der Waals surface area contributed by atoms with Gasteiger partial charge in [-0.05, 0) is 11.8 Å². The van der Waals surface area contributed by atoms with Crippen molar-refractivity contribution in [2.24, 2.45) is 0 Å². The molecule has 2 heterocycles. The maximum atomic E-state index is 5.87. The molecular formula is C20H18IrNOSi-. The van der Waals surface area contributed by atoms with Crippen LogP contribution in [-0.4, -0.2) is 13.1 Å². The van der Waals surface area contributed by atoms with E-state index in [-0.39, 0.29) is 20.1 Å². The Labute approximate surface area is 156 Å². The Hall–Kier alpha value is -1.74. The molecule has 4 rings (SSSR count). The van der Waals surface area contributed by atoms with Gasteiger partial charge in [0, 0.05) is 39.0 Å². The Kier molecular flexibility index (Phi) is 4.47. The molecule has 0 aliphatic heterocycles. The van der Waals surface area contributed by atoms with Crippen molar-refractivity contribution in [3.8, 4) is 11.3 Å². The molecular weight excluding hydrogens is 491 g/mol. The van der Waals surface area contributed by atoms with Gasteiger partial charge in [-0.15, -0.1) is 35.0 Å². The summed E-state index contributed by atoms with van der Waals surface area (Å²) in [6.07, 6.45) is 0. The minimum absolute atomic E-state index is 0. The van der Waals surface area contributed by atoms with E-state index in [2.05, 4.69) is 61.0 Å².